The Bertz CT molecular complexity index is 905. The number of H-pyrrole nitrogens is 1. The molecule has 1 saturated carbocycles. The fraction of sp³-hybridized carbons (Fsp3) is 0.421. The van der Waals surface area contributed by atoms with E-state index in [-0.39, 0.29) is 24.3 Å². The molecule has 0 aliphatic heterocycles. The molecule has 0 amide bonds. The lowest BCUT2D eigenvalue weighted by Crippen LogP contribution is -2.28. The third-order valence-corrected chi connectivity index (χ3v) is 5.05. The van der Waals surface area contributed by atoms with Crippen molar-refractivity contribution < 1.29 is 13.2 Å². The van der Waals surface area contributed by atoms with Gasteiger partial charge in [0.25, 0.3) is 5.56 Å². The predicted octanol–water partition coefficient (Wildman–Crippen LogP) is 4.19. The van der Waals surface area contributed by atoms with Gasteiger partial charge < -0.3 is 10.3 Å². The molecule has 0 atom stereocenters. The molecule has 0 saturated heterocycles. The molecule has 1 heterocycles. The van der Waals surface area contributed by atoms with Crippen molar-refractivity contribution in [2.45, 2.75) is 37.8 Å². The van der Waals surface area contributed by atoms with E-state index in [2.05, 4.69) is 15.3 Å². The number of benzene rings is 1. The first-order valence-corrected chi connectivity index (χ1v) is 8.72. The molecule has 1 aromatic heterocycles. The minimum Gasteiger partial charge on any atom is -0.372 e. The Morgan fingerprint density at radius 2 is 1.81 bits per heavy atom. The minimum atomic E-state index is -4.17. The van der Waals surface area contributed by atoms with Crippen LogP contribution >= 0.6 is 0 Å². The van der Waals surface area contributed by atoms with Gasteiger partial charge in [-0.25, -0.2) is 4.98 Å². The fourth-order valence-electron chi connectivity index (χ4n) is 3.54. The number of alkyl halides is 3. The molecule has 1 aliphatic carbocycles. The van der Waals surface area contributed by atoms with E-state index < -0.39 is 12.1 Å². The predicted molar refractivity (Wildman–Crippen MR) is 95.3 cm³/mol. The molecular formula is C19H19F3N4O. The summed E-state index contributed by atoms with van der Waals surface area (Å²) in [5.74, 6) is -0.681. The van der Waals surface area contributed by atoms with Crippen LogP contribution in [0.2, 0.25) is 0 Å². The van der Waals surface area contributed by atoms with Gasteiger partial charge in [-0.2, -0.15) is 18.4 Å². The molecule has 2 N–H and O–H groups in total. The number of nitriles is 1. The molecular weight excluding hydrogens is 357 g/mol. The first kappa shape index (κ1) is 19.0. The van der Waals surface area contributed by atoms with E-state index in [0.717, 1.165) is 0 Å². The van der Waals surface area contributed by atoms with Crippen molar-refractivity contribution in [2.24, 2.45) is 5.92 Å². The topological polar surface area (TPSA) is 81.6 Å². The lowest BCUT2D eigenvalue weighted by molar-refractivity contribution is -0.182. The van der Waals surface area contributed by atoms with E-state index in [1.54, 1.807) is 31.3 Å². The van der Waals surface area contributed by atoms with Gasteiger partial charge in [-0.3, -0.25) is 4.79 Å². The van der Waals surface area contributed by atoms with Crippen LogP contribution in [0, 0.1) is 17.2 Å². The molecule has 0 bridgehead atoms. The Morgan fingerprint density at radius 3 is 2.33 bits per heavy atom. The molecule has 1 fully saturated rings. The molecule has 0 spiro atoms. The zero-order chi connectivity index (χ0) is 19.6. The van der Waals surface area contributed by atoms with Crippen molar-refractivity contribution in [3.8, 4) is 17.2 Å². The summed E-state index contributed by atoms with van der Waals surface area (Å²) in [4.78, 5) is 19.9. The SMILES string of the molecule is CNc1nc(C2CCC(C(F)(F)F)CC2)[nH]c(=O)c1-c1ccc(C#N)cc1. The number of hydrogen-bond donors (Lipinski definition) is 2. The van der Waals surface area contributed by atoms with Crippen LogP contribution in [0.5, 0.6) is 0 Å². The number of aromatic nitrogens is 2. The number of aromatic amines is 1. The van der Waals surface area contributed by atoms with Gasteiger partial charge in [-0.05, 0) is 43.4 Å². The Morgan fingerprint density at radius 1 is 1.19 bits per heavy atom. The fourth-order valence-corrected chi connectivity index (χ4v) is 3.54. The molecule has 1 aliphatic rings. The zero-order valence-electron chi connectivity index (χ0n) is 14.7. The molecule has 27 heavy (non-hydrogen) atoms. The van der Waals surface area contributed by atoms with Crippen LogP contribution in [0.25, 0.3) is 11.1 Å². The van der Waals surface area contributed by atoms with Crippen molar-refractivity contribution in [3.05, 3.63) is 46.0 Å². The monoisotopic (exact) mass is 376 g/mol. The average molecular weight is 376 g/mol. The lowest BCUT2D eigenvalue weighted by Gasteiger charge is -2.29. The van der Waals surface area contributed by atoms with Gasteiger partial charge >= 0.3 is 6.18 Å². The maximum Gasteiger partial charge on any atom is 0.391 e. The quantitative estimate of drug-likeness (QED) is 0.842. The van der Waals surface area contributed by atoms with Crippen LogP contribution in [0.15, 0.2) is 29.1 Å². The van der Waals surface area contributed by atoms with Gasteiger partial charge in [0.05, 0.1) is 23.1 Å². The molecule has 0 radical (unpaired) electrons. The molecule has 5 nitrogen and oxygen atoms in total. The van der Waals surface area contributed by atoms with Crippen LogP contribution in [0.4, 0.5) is 19.0 Å². The van der Waals surface area contributed by atoms with E-state index in [0.29, 0.717) is 41.2 Å². The second-order valence-electron chi connectivity index (χ2n) is 6.70. The van der Waals surface area contributed by atoms with Gasteiger partial charge in [0.1, 0.15) is 11.6 Å². The number of halogens is 3. The van der Waals surface area contributed by atoms with Crippen molar-refractivity contribution in [2.75, 3.05) is 12.4 Å². The Hall–Kier alpha value is -2.82. The zero-order valence-corrected chi connectivity index (χ0v) is 14.7. The number of rotatable bonds is 3. The molecule has 1 aromatic carbocycles. The highest BCUT2D eigenvalue weighted by Crippen LogP contribution is 2.42. The van der Waals surface area contributed by atoms with E-state index in [9.17, 15) is 18.0 Å². The summed E-state index contributed by atoms with van der Waals surface area (Å²) < 4.78 is 38.5. The first-order valence-electron chi connectivity index (χ1n) is 8.72. The summed E-state index contributed by atoms with van der Waals surface area (Å²) >= 11 is 0. The van der Waals surface area contributed by atoms with E-state index >= 15 is 0 Å². The molecule has 142 valence electrons. The highest BCUT2D eigenvalue weighted by atomic mass is 19.4. The molecule has 8 heteroatoms. The van der Waals surface area contributed by atoms with Crippen LogP contribution in [0.1, 0.15) is 43.0 Å². The number of nitrogens with zero attached hydrogens (tertiary/aromatic N) is 2. The maximum atomic E-state index is 12.8. The third-order valence-electron chi connectivity index (χ3n) is 5.05. The standard InChI is InChI=1S/C19H19F3N4O/c1-24-17-15(12-4-2-11(10-23)3-5-12)18(27)26-16(25-17)13-6-8-14(9-7-13)19(20,21)22/h2-5,13-14H,6-9H2,1H3,(H2,24,25,26,27). The second kappa shape index (κ2) is 7.43. The molecule has 3 rings (SSSR count). The summed E-state index contributed by atoms with van der Waals surface area (Å²) in [7, 11) is 1.64. The van der Waals surface area contributed by atoms with Crippen LogP contribution in [-0.4, -0.2) is 23.2 Å². The Balaban J connectivity index is 1.89. The van der Waals surface area contributed by atoms with Crippen molar-refractivity contribution >= 4 is 5.82 Å². The highest BCUT2D eigenvalue weighted by molar-refractivity contribution is 5.74. The minimum absolute atomic E-state index is 0.0458. The number of nitrogens with one attached hydrogen (secondary N) is 2. The summed E-state index contributed by atoms with van der Waals surface area (Å²) in [6.45, 7) is 0. The second-order valence-corrected chi connectivity index (χ2v) is 6.70. The number of hydrogen-bond acceptors (Lipinski definition) is 4. The van der Waals surface area contributed by atoms with Gasteiger partial charge in [-0.15, -0.1) is 0 Å². The lowest BCUT2D eigenvalue weighted by atomic mass is 9.81. The van der Waals surface area contributed by atoms with Crippen LogP contribution in [-0.2, 0) is 0 Å². The summed E-state index contributed by atoms with van der Waals surface area (Å²) in [5, 5.41) is 11.8. The first-order chi connectivity index (χ1) is 12.8. The molecule has 2 aromatic rings. The third kappa shape index (κ3) is 3.97. The van der Waals surface area contributed by atoms with Crippen LogP contribution < -0.4 is 10.9 Å². The van der Waals surface area contributed by atoms with E-state index in [4.69, 9.17) is 5.26 Å². The van der Waals surface area contributed by atoms with Gasteiger partial charge in [0, 0.05) is 13.0 Å². The van der Waals surface area contributed by atoms with Gasteiger partial charge in [-0.1, -0.05) is 12.1 Å². The maximum absolute atomic E-state index is 12.8. The summed E-state index contributed by atoms with van der Waals surface area (Å²) in [5.41, 5.74) is 1.08. The van der Waals surface area contributed by atoms with Crippen molar-refractivity contribution in [3.63, 3.8) is 0 Å². The normalized spacial score (nSPS) is 20.1. The summed E-state index contributed by atoms with van der Waals surface area (Å²) in [6, 6.07) is 8.57. The van der Waals surface area contributed by atoms with Crippen molar-refractivity contribution in [1.29, 1.82) is 5.26 Å². The smallest absolute Gasteiger partial charge is 0.372 e. The van der Waals surface area contributed by atoms with Crippen molar-refractivity contribution in [1.82, 2.24) is 9.97 Å². The highest BCUT2D eigenvalue weighted by Gasteiger charge is 2.42. The summed E-state index contributed by atoms with van der Waals surface area (Å²) in [6.07, 6.45) is -3.39. The number of anilines is 1. The Kier molecular flexibility index (Phi) is 5.22. The molecule has 0 unspecified atom stereocenters. The van der Waals surface area contributed by atoms with E-state index in [1.807, 2.05) is 6.07 Å². The Labute approximate surface area is 154 Å². The largest absolute Gasteiger partial charge is 0.391 e. The van der Waals surface area contributed by atoms with Crippen LogP contribution in [0.3, 0.4) is 0 Å². The van der Waals surface area contributed by atoms with E-state index in [1.165, 1.54) is 0 Å². The average Bonchev–Trinajstić information content (AvgIpc) is 2.67. The van der Waals surface area contributed by atoms with Gasteiger partial charge in [0.15, 0.2) is 0 Å². The van der Waals surface area contributed by atoms with Gasteiger partial charge in [0.2, 0.25) is 0 Å².